The Balaban J connectivity index is 1.63. The quantitative estimate of drug-likeness (QED) is 0.841. The Labute approximate surface area is 118 Å². The maximum absolute atomic E-state index is 5.44. The van der Waals surface area contributed by atoms with Crippen LogP contribution in [0.1, 0.15) is 42.1 Å². The van der Waals surface area contributed by atoms with Crippen LogP contribution in [0.3, 0.4) is 0 Å². The molecule has 1 aromatic carbocycles. The predicted molar refractivity (Wildman–Crippen MR) is 74.6 cm³/mol. The van der Waals surface area contributed by atoms with Crippen molar-refractivity contribution in [3.05, 3.63) is 35.2 Å². The average Bonchev–Trinajstić information content (AvgIpc) is 3.17. The van der Waals surface area contributed by atoms with Gasteiger partial charge < -0.3 is 9.26 Å². The van der Waals surface area contributed by atoms with Crippen LogP contribution >= 0.6 is 0 Å². The first kappa shape index (κ1) is 12.1. The lowest BCUT2D eigenvalue weighted by molar-refractivity contribution is 0.192. The van der Waals surface area contributed by atoms with Crippen LogP contribution < -0.4 is 0 Å². The number of ether oxygens (including phenoxy) is 1. The molecule has 4 heteroatoms. The van der Waals surface area contributed by atoms with E-state index in [0.717, 1.165) is 24.4 Å². The van der Waals surface area contributed by atoms with Gasteiger partial charge in [-0.2, -0.15) is 4.98 Å². The van der Waals surface area contributed by atoms with Crippen molar-refractivity contribution >= 4 is 0 Å². The molecule has 1 fully saturated rings. The summed E-state index contributed by atoms with van der Waals surface area (Å²) in [5.74, 6) is 1.72. The number of hydrogen-bond donors (Lipinski definition) is 0. The van der Waals surface area contributed by atoms with Gasteiger partial charge in [0.25, 0.3) is 5.89 Å². The summed E-state index contributed by atoms with van der Waals surface area (Å²) in [6.45, 7) is 1.51. The molecule has 0 unspecified atom stereocenters. The minimum atomic E-state index is 0.296. The van der Waals surface area contributed by atoms with Crippen molar-refractivity contribution in [2.75, 3.05) is 13.2 Å². The number of hydrogen-bond acceptors (Lipinski definition) is 4. The van der Waals surface area contributed by atoms with Gasteiger partial charge in [-0.05, 0) is 55.4 Å². The molecule has 1 aromatic heterocycles. The summed E-state index contributed by atoms with van der Waals surface area (Å²) in [5, 5.41) is 4.12. The SMILES string of the molecule is c1cc2c(cc1-c1nc([C@@H]3CCOC3)no1)CCCC2. The van der Waals surface area contributed by atoms with Gasteiger partial charge in [0.2, 0.25) is 0 Å². The number of aryl methyl sites for hydroxylation is 2. The van der Waals surface area contributed by atoms with Gasteiger partial charge in [-0.3, -0.25) is 0 Å². The molecule has 104 valence electrons. The highest BCUT2D eigenvalue weighted by atomic mass is 16.5. The molecule has 1 saturated heterocycles. The molecular weight excluding hydrogens is 252 g/mol. The molecule has 0 radical (unpaired) electrons. The van der Waals surface area contributed by atoms with Crippen LogP contribution in [0.4, 0.5) is 0 Å². The predicted octanol–water partition coefficient (Wildman–Crippen LogP) is 3.12. The Morgan fingerprint density at radius 2 is 2.00 bits per heavy atom. The highest BCUT2D eigenvalue weighted by Crippen LogP contribution is 2.29. The minimum absolute atomic E-state index is 0.296. The van der Waals surface area contributed by atoms with E-state index in [0.29, 0.717) is 18.4 Å². The minimum Gasteiger partial charge on any atom is -0.381 e. The standard InChI is InChI=1S/C16H18N2O2/c1-2-4-12-9-13(6-5-11(12)3-1)16-17-15(18-20-16)14-7-8-19-10-14/h5-6,9,14H,1-4,7-8,10H2/t14-/m1/s1. The molecule has 0 N–H and O–H groups in total. The van der Waals surface area contributed by atoms with Crippen molar-refractivity contribution in [1.82, 2.24) is 10.1 Å². The van der Waals surface area contributed by atoms with Crippen molar-refractivity contribution in [2.24, 2.45) is 0 Å². The lowest BCUT2D eigenvalue weighted by Gasteiger charge is -2.15. The Bertz CT molecular complexity index is 615. The summed E-state index contributed by atoms with van der Waals surface area (Å²) < 4.78 is 10.8. The molecule has 0 spiro atoms. The average molecular weight is 270 g/mol. The van der Waals surface area contributed by atoms with E-state index in [1.807, 2.05) is 0 Å². The van der Waals surface area contributed by atoms with Crippen molar-refractivity contribution in [1.29, 1.82) is 0 Å². The summed E-state index contributed by atoms with van der Waals surface area (Å²) in [4.78, 5) is 4.55. The zero-order valence-electron chi connectivity index (χ0n) is 11.5. The number of rotatable bonds is 2. The highest BCUT2D eigenvalue weighted by Gasteiger charge is 2.23. The van der Waals surface area contributed by atoms with Crippen LogP contribution in [0.2, 0.25) is 0 Å². The van der Waals surface area contributed by atoms with Crippen LogP contribution in [0.5, 0.6) is 0 Å². The lowest BCUT2D eigenvalue weighted by atomic mass is 9.90. The zero-order chi connectivity index (χ0) is 13.4. The Morgan fingerprint density at radius 3 is 2.85 bits per heavy atom. The third-order valence-electron chi connectivity index (χ3n) is 4.33. The van der Waals surface area contributed by atoms with Crippen molar-refractivity contribution in [2.45, 2.75) is 38.0 Å². The maximum atomic E-state index is 5.44. The van der Waals surface area contributed by atoms with E-state index in [-0.39, 0.29) is 0 Å². The number of aromatic nitrogens is 2. The third kappa shape index (κ3) is 2.14. The fraction of sp³-hybridized carbons (Fsp3) is 0.500. The molecule has 1 aliphatic heterocycles. The van der Waals surface area contributed by atoms with Gasteiger partial charge in [0.1, 0.15) is 0 Å². The lowest BCUT2D eigenvalue weighted by Crippen LogP contribution is -2.02. The monoisotopic (exact) mass is 270 g/mol. The van der Waals surface area contributed by atoms with Gasteiger partial charge in [-0.15, -0.1) is 0 Å². The van der Waals surface area contributed by atoms with E-state index in [2.05, 4.69) is 28.3 Å². The normalized spacial score (nSPS) is 21.9. The van der Waals surface area contributed by atoms with Crippen LogP contribution in [0.15, 0.2) is 22.7 Å². The first-order valence-electron chi connectivity index (χ1n) is 7.44. The smallest absolute Gasteiger partial charge is 0.257 e. The van der Waals surface area contributed by atoms with Crippen LogP contribution in [-0.4, -0.2) is 23.4 Å². The molecule has 0 amide bonds. The van der Waals surface area contributed by atoms with Gasteiger partial charge >= 0.3 is 0 Å². The van der Waals surface area contributed by atoms with E-state index < -0.39 is 0 Å². The van der Waals surface area contributed by atoms with E-state index in [1.54, 1.807) is 0 Å². The van der Waals surface area contributed by atoms with Gasteiger partial charge in [-0.25, -0.2) is 0 Å². The fourth-order valence-corrected chi connectivity index (χ4v) is 3.12. The summed E-state index contributed by atoms with van der Waals surface area (Å²) in [7, 11) is 0. The molecular formula is C16H18N2O2. The third-order valence-corrected chi connectivity index (χ3v) is 4.33. The molecule has 20 heavy (non-hydrogen) atoms. The summed E-state index contributed by atoms with van der Waals surface area (Å²) in [6, 6.07) is 6.54. The van der Waals surface area contributed by atoms with Gasteiger partial charge in [0, 0.05) is 18.1 Å². The first-order valence-corrected chi connectivity index (χ1v) is 7.44. The number of fused-ring (bicyclic) bond motifs is 1. The second-order valence-corrected chi connectivity index (χ2v) is 5.71. The molecule has 4 nitrogen and oxygen atoms in total. The van der Waals surface area contributed by atoms with E-state index >= 15 is 0 Å². The second kappa shape index (κ2) is 5.02. The molecule has 1 atom stereocenters. The van der Waals surface area contributed by atoms with Crippen LogP contribution in [0, 0.1) is 0 Å². The largest absolute Gasteiger partial charge is 0.381 e. The van der Waals surface area contributed by atoms with Gasteiger partial charge in [-0.1, -0.05) is 11.2 Å². The van der Waals surface area contributed by atoms with E-state index in [1.165, 1.54) is 36.8 Å². The Morgan fingerprint density at radius 1 is 1.10 bits per heavy atom. The molecule has 1 aliphatic carbocycles. The molecule has 0 saturated carbocycles. The molecule has 2 aliphatic rings. The van der Waals surface area contributed by atoms with Gasteiger partial charge in [0.15, 0.2) is 5.82 Å². The Hall–Kier alpha value is -1.68. The molecule has 2 aromatic rings. The zero-order valence-corrected chi connectivity index (χ0v) is 11.5. The Kier molecular flexibility index (Phi) is 3.03. The van der Waals surface area contributed by atoms with Crippen molar-refractivity contribution in [3.8, 4) is 11.5 Å². The number of benzene rings is 1. The topological polar surface area (TPSA) is 48.2 Å². The van der Waals surface area contributed by atoms with Crippen LogP contribution in [0.25, 0.3) is 11.5 Å². The maximum Gasteiger partial charge on any atom is 0.257 e. The fourth-order valence-electron chi connectivity index (χ4n) is 3.12. The van der Waals surface area contributed by atoms with E-state index in [9.17, 15) is 0 Å². The van der Waals surface area contributed by atoms with Crippen LogP contribution in [-0.2, 0) is 17.6 Å². The molecule has 0 bridgehead atoms. The molecule has 2 heterocycles. The molecule has 4 rings (SSSR count). The highest BCUT2D eigenvalue weighted by molar-refractivity contribution is 5.56. The summed E-state index contributed by atoms with van der Waals surface area (Å²) in [5.41, 5.74) is 3.96. The summed E-state index contributed by atoms with van der Waals surface area (Å²) in [6.07, 6.45) is 5.94. The van der Waals surface area contributed by atoms with Gasteiger partial charge in [0.05, 0.1) is 6.61 Å². The second-order valence-electron chi connectivity index (χ2n) is 5.71. The van der Waals surface area contributed by atoms with Crippen molar-refractivity contribution in [3.63, 3.8) is 0 Å². The van der Waals surface area contributed by atoms with E-state index in [4.69, 9.17) is 9.26 Å². The first-order chi connectivity index (χ1) is 9.90. The summed E-state index contributed by atoms with van der Waals surface area (Å²) >= 11 is 0. The van der Waals surface area contributed by atoms with Crippen molar-refractivity contribution < 1.29 is 9.26 Å². The number of nitrogens with zero attached hydrogens (tertiary/aromatic N) is 2.